The third kappa shape index (κ3) is 7.26. The van der Waals surface area contributed by atoms with E-state index in [4.69, 9.17) is 0 Å². The first-order valence-electron chi connectivity index (χ1n) is 10.2. The highest BCUT2D eigenvalue weighted by molar-refractivity contribution is 9.11. The predicted molar refractivity (Wildman–Crippen MR) is 141 cm³/mol. The normalized spacial score (nSPS) is 12.0. The van der Waals surface area contributed by atoms with Gasteiger partial charge in [-0.2, -0.15) is 5.10 Å². The SMILES string of the molecule is CC(=Cc1ccccc1)C=C(NC(=O)c1ccccc1)C(=O)NN=Cc1cc(Br)cc(Br)c1O. The van der Waals surface area contributed by atoms with Gasteiger partial charge in [0.25, 0.3) is 11.8 Å². The van der Waals surface area contributed by atoms with Gasteiger partial charge in [-0.1, -0.05) is 70.5 Å². The fraction of sp³-hybridized carbons (Fsp3) is 0.0385. The number of rotatable bonds is 7. The smallest absolute Gasteiger partial charge is 0.287 e. The molecule has 0 aliphatic heterocycles. The number of hydrogen-bond acceptors (Lipinski definition) is 4. The van der Waals surface area contributed by atoms with Crippen LogP contribution in [0.5, 0.6) is 5.75 Å². The number of phenols is 1. The van der Waals surface area contributed by atoms with Gasteiger partial charge in [0.15, 0.2) is 0 Å². The molecule has 0 aromatic heterocycles. The molecule has 3 aromatic rings. The highest BCUT2D eigenvalue weighted by Gasteiger charge is 2.14. The van der Waals surface area contributed by atoms with Crippen LogP contribution in [0.3, 0.4) is 0 Å². The van der Waals surface area contributed by atoms with Gasteiger partial charge in [0, 0.05) is 15.6 Å². The molecule has 0 saturated heterocycles. The number of allylic oxidation sites excluding steroid dienone is 2. The van der Waals surface area contributed by atoms with E-state index >= 15 is 0 Å². The molecule has 0 radical (unpaired) electrons. The van der Waals surface area contributed by atoms with Crippen LogP contribution in [-0.4, -0.2) is 23.1 Å². The Hall–Kier alpha value is -3.49. The molecular formula is C26H21Br2N3O3. The number of aromatic hydroxyl groups is 1. The van der Waals surface area contributed by atoms with Crippen molar-refractivity contribution in [2.45, 2.75) is 6.92 Å². The van der Waals surface area contributed by atoms with Gasteiger partial charge < -0.3 is 10.4 Å². The average molecular weight is 583 g/mol. The summed E-state index contributed by atoms with van der Waals surface area (Å²) in [5.74, 6) is -1.06. The van der Waals surface area contributed by atoms with Crippen LogP contribution < -0.4 is 10.7 Å². The van der Waals surface area contributed by atoms with Gasteiger partial charge in [-0.3, -0.25) is 9.59 Å². The van der Waals surface area contributed by atoms with Crippen LogP contribution in [0.1, 0.15) is 28.4 Å². The zero-order chi connectivity index (χ0) is 24.5. The summed E-state index contributed by atoms with van der Waals surface area (Å²) in [5.41, 5.74) is 4.94. The van der Waals surface area contributed by atoms with E-state index in [2.05, 4.69) is 47.7 Å². The number of hydrogen-bond donors (Lipinski definition) is 3. The van der Waals surface area contributed by atoms with E-state index in [9.17, 15) is 14.7 Å². The molecule has 8 heteroatoms. The zero-order valence-corrected chi connectivity index (χ0v) is 21.3. The van der Waals surface area contributed by atoms with Gasteiger partial charge in [0.2, 0.25) is 0 Å². The Balaban J connectivity index is 1.84. The van der Waals surface area contributed by atoms with E-state index in [0.29, 0.717) is 15.6 Å². The fourth-order valence-corrected chi connectivity index (χ4v) is 4.19. The van der Waals surface area contributed by atoms with E-state index in [1.807, 2.05) is 43.3 Å². The molecule has 172 valence electrons. The lowest BCUT2D eigenvalue weighted by atomic mass is 10.1. The molecule has 0 unspecified atom stereocenters. The molecule has 3 aromatic carbocycles. The Morgan fingerprint density at radius 2 is 1.62 bits per heavy atom. The summed E-state index contributed by atoms with van der Waals surface area (Å²) in [5, 5.41) is 16.8. The third-order valence-electron chi connectivity index (χ3n) is 4.52. The van der Waals surface area contributed by atoms with E-state index in [1.54, 1.807) is 48.5 Å². The molecule has 0 heterocycles. The maximum atomic E-state index is 12.9. The number of phenolic OH excluding ortho intramolecular Hbond substituents is 1. The molecule has 0 atom stereocenters. The minimum atomic E-state index is -0.616. The Labute approximate surface area is 214 Å². The first-order chi connectivity index (χ1) is 16.3. The van der Waals surface area contributed by atoms with Gasteiger partial charge >= 0.3 is 0 Å². The van der Waals surface area contributed by atoms with Gasteiger partial charge in [0.05, 0.1) is 10.7 Å². The molecule has 0 fully saturated rings. The van der Waals surface area contributed by atoms with Gasteiger partial charge in [-0.25, -0.2) is 5.43 Å². The molecule has 0 aliphatic carbocycles. The van der Waals surface area contributed by atoms with Crippen LogP contribution in [0.15, 0.2) is 104 Å². The highest BCUT2D eigenvalue weighted by atomic mass is 79.9. The van der Waals surface area contributed by atoms with Gasteiger partial charge in [0.1, 0.15) is 11.4 Å². The number of nitrogens with zero attached hydrogens (tertiary/aromatic N) is 1. The molecule has 0 saturated carbocycles. The van der Waals surface area contributed by atoms with Crippen LogP contribution in [-0.2, 0) is 4.79 Å². The average Bonchev–Trinajstić information content (AvgIpc) is 2.82. The minimum absolute atomic E-state index is 0.0176. The fourth-order valence-electron chi connectivity index (χ4n) is 2.93. The summed E-state index contributed by atoms with van der Waals surface area (Å²) in [6.07, 6.45) is 4.78. The number of nitrogens with one attached hydrogen (secondary N) is 2. The molecule has 2 amide bonds. The van der Waals surface area contributed by atoms with Crippen LogP contribution in [0.4, 0.5) is 0 Å². The molecule has 0 aliphatic rings. The monoisotopic (exact) mass is 581 g/mol. The number of carbonyl (C=O) groups excluding carboxylic acids is 2. The molecular weight excluding hydrogens is 562 g/mol. The van der Waals surface area contributed by atoms with Crippen molar-refractivity contribution in [1.82, 2.24) is 10.7 Å². The van der Waals surface area contributed by atoms with E-state index in [1.165, 1.54) is 6.21 Å². The standard InChI is InChI=1S/C26H21Br2N3O3/c1-17(12-18-8-4-2-5-9-18)13-23(30-25(33)19-10-6-3-7-11-19)26(34)31-29-16-20-14-21(27)15-22(28)24(20)32/h2-16,32H,1H3,(H,30,33)(H,31,34). The quantitative estimate of drug-likeness (QED) is 0.143. The van der Waals surface area contributed by atoms with Crippen molar-refractivity contribution in [2.75, 3.05) is 0 Å². The summed E-state index contributed by atoms with van der Waals surface area (Å²) in [4.78, 5) is 25.6. The summed E-state index contributed by atoms with van der Waals surface area (Å²) in [7, 11) is 0. The number of carbonyl (C=O) groups is 2. The second-order valence-corrected chi connectivity index (χ2v) is 8.97. The maximum Gasteiger partial charge on any atom is 0.287 e. The largest absolute Gasteiger partial charge is 0.506 e. The van der Waals surface area contributed by atoms with E-state index in [0.717, 1.165) is 15.6 Å². The van der Waals surface area contributed by atoms with Crippen molar-refractivity contribution in [3.63, 3.8) is 0 Å². The van der Waals surface area contributed by atoms with Crippen LogP contribution in [0.25, 0.3) is 6.08 Å². The Morgan fingerprint density at radius 1 is 0.971 bits per heavy atom. The first kappa shape index (κ1) is 25.1. The maximum absolute atomic E-state index is 12.9. The van der Waals surface area contributed by atoms with Crippen molar-refractivity contribution in [3.8, 4) is 5.75 Å². The van der Waals surface area contributed by atoms with Crippen molar-refractivity contribution < 1.29 is 14.7 Å². The number of benzene rings is 3. The van der Waals surface area contributed by atoms with Gasteiger partial charge in [-0.05, 0) is 64.3 Å². The highest BCUT2D eigenvalue weighted by Crippen LogP contribution is 2.30. The number of hydrazone groups is 1. The van der Waals surface area contributed by atoms with Gasteiger partial charge in [-0.15, -0.1) is 0 Å². The topological polar surface area (TPSA) is 90.8 Å². The Kier molecular flexibility index (Phi) is 8.95. The van der Waals surface area contributed by atoms with E-state index < -0.39 is 11.8 Å². The summed E-state index contributed by atoms with van der Waals surface area (Å²) >= 11 is 6.59. The van der Waals surface area contributed by atoms with Crippen molar-refractivity contribution in [1.29, 1.82) is 0 Å². The second kappa shape index (κ2) is 12.1. The summed E-state index contributed by atoms with van der Waals surface area (Å²) < 4.78 is 1.20. The van der Waals surface area contributed by atoms with Crippen molar-refractivity contribution >= 4 is 56.0 Å². The Bertz CT molecular complexity index is 1270. The Morgan fingerprint density at radius 3 is 2.29 bits per heavy atom. The van der Waals surface area contributed by atoms with Crippen LogP contribution in [0.2, 0.25) is 0 Å². The lowest BCUT2D eigenvalue weighted by Gasteiger charge is -2.09. The minimum Gasteiger partial charge on any atom is -0.506 e. The summed E-state index contributed by atoms with van der Waals surface area (Å²) in [6.45, 7) is 1.83. The van der Waals surface area contributed by atoms with Crippen molar-refractivity contribution in [3.05, 3.63) is 116 Å². The zero-order valence-electron chi connectivity index (χ0n) is 18.1. The lowest BCUT2D eigenvalue weighted by molar-refractivity contribution is -0.117. The van der Waals surface area contributed by atoms with Crippen molar-refractivity contribution in [2.24, 2.45) is 5.10 Å². The number of halogens is 2. The lowest BCUT2D eigenvalue weighted by Crippen LogP contribution is -2.33. The second-order valence-electron chi connectivity index (χ2n) is 7.20. The molecule has 0 spiro atoms. The van der Waals surface area contributed by atoms with Crippen LogP contribution in [0, 0.1) is 0 Å². The number of amides is 2. The first-order valence-corrected chi connectivity index (χ1v) is 11.7. The molecule has 0 bridgehead atoms. The summed E-state index contributed by atoms with van der Waals surface area (Å²) in [6, 6.07) is 21.6. The molecule has 3 rings (SSSR count). The molecule has 3 N–H and O–H groups in total. The molecule has 6 nitrogen and oxygen atoms in total. The van der Waals surface area contributed by atoms with Crippen LogP contribution >= 0.6 is 31.9 Å². The predicted octanol–water partition coefficient (Wildman–Crippen LogP) is 5.78. The van der Waals surface area contributed by atoms with E-state index in [-0.39, 0.29) is 11.4 Å². The molecule has 34 heavy (non-hydrogen) atoms. The third-order valence-corrected chi connectivity index (χ3v) is 5.58.